The minimum absolute atomic E-state index is 0.0446. The summed E-state index contributed by atoms with van der Waals surface area (Å²) in [6.45, 7) is 0.0446. The predicted molar refractivity (Wildman–Crippen MR) is 75.1 cm³/mol. The second-order valence-corrected chi connectivity index (χ2v) is 4.60. The van der Waals surface area contributed by atoms with E-state index >= 15 is 0 Å². The van der Waals surface area contributed by atoms with E-state index < -0.39 is 11.6 Å². The number of methoxy groups -OCH3 is 1. The maximum Gasteiger partial charge on any atom is 0.257 e. The molecule has 0 aliphatic carbocycles. The first kappa shape index (κ1) is 15.0. The number of amides is 1. The van der Waals surface area contributed by atoms with Gasteiger partial charge in [-0.25, -0.2) is 8.78 Å². The number of nitrogens with zero attached hydrogens (tertiary/aromatic N) is 1. The number of benzene rings is 2. The van der Waals surface area contributed by atoms with Gasteiger partial charge in [0.05, 0.1) is 12.7 Å². The van der Waals surface area contributed by atoms with Crippen LogP contribution in [-0.2, 0) is 6.54 Å². The molecule has 0 aromatic heterocycles. The van der Waals surface area contributed by atoms with Gasteiger partial charge in [0.15, 0.2) is 0 Å². The van der Waals surface area contributed by atoms with Gasteiger partial charge < -0.3 is 9.64 Å². The molecule has 0 N–H and O–H groups in total. The first-order valence-corrected chi connectivity index (χ1v) is 6.35. The summed E-state index contributed by atoms with van der Waals surface area (Å²) in [4.78, 5) is 13.7. The van der Waals surface area contributed by atoms with Crippen LogP contribution in [0, 0.1) is 11.6 Å². The standard InChI is InChI=1S/C16H15F2NO2/c1-19(10-11-7-8-12(17)9-14(11)18)16(20)13-5-3-4-6-15(13)21-2/h3-9H,10H2,1-2H3. The van der Waals surface area contributed by atoms with Gasteiger partial charge in [-0.1, -0.05) is 18.2 Å². The molecule has 2 aromatic rings. The van der Waals surface area contributed by atoms with Gasteiger partial charge in [0, 0.05) is 25.2 Å². The molecule has 5 heteroatoms. The number of ether oxygens (including phenoxy) is 1. The molecule has 21 heavy (non-hydrogen) atoms. The Morgan fingerprint density at radius 1 is 1.19 bits per heavy atom. The number of carbonyl (C=O) groups excluding carboxylic acids is 1. The van der Waals surface area contributed by atoms with Crippen molar-refractivity contribution in [2.24, 2.45) is 0 Å². The number of hydrogen-bond acceptors (Lipinski definition) is 2. The van der Waals surface area contributed by atoms with E-state index in [9.17, 15) is 13.6 Å². The molecule has 0 fully saturated rings. The van der Waals surface area contributed by atoms with Crippen LogP contribution in [0.4, 0.5) is 8.78 Å². The first-order valence-electron chi connectivity index (χ1n) is 6.35. The van der Waals surface area contributed by atoms with Crippen molar-refractivity contribution in [3.8, 4) is 5.75 Å². The molecule has 1 amide bonds. The zero-order valence-electron chi connectivity index (χ0n) is 11.8. The molecule has 0 saturated carbocycles. The summed E-state index contributed by atoms with van der Waals surface area (Å²) in [6, 6.07) is 10.1. The number of rotatable bonds is 4. The summed E-state index contributed by atoms with van der Waals surface area (Å²) < 4.78 is 31.6. The highest BCUT2D eigenvalue weighted by atomic mass is 19.1. The van der Waals surface area contributed by atoms with Crippen LogP contribution in [0.1, 0.15) is 15.9 Å². The van der Waals surface area contributed by atoms with Gasteiger partial charge in [0.25, 0.3) is 5.91 Å². The van der Waals surface area contributed by atoms with Crippen LogP contribution in [0.25, 0.3) is 0 Å². The molecule has 0 heterocycles. The lowest BCUT2D eigenvalue weighted by Gasteiger charge is -2.19. The molecule has 110 valence electrons. The molecule has 2 aromatic carbocycles. The average Bonchev–Trinajstić information content (AvgIpc) is 2.49. The third-order valence-electron chi connectivity index (χ3n) is 3.11. The van der Waals surface area contributed by atoms with E-state index in [1.54, 1.807) is 31.3 Å². The molecule has 0 saturated heterocycles. The molecule has 0 aliphatic heterocycles. The Bertz CT molecular complexity index is 658. The van der Waals surface area contributed by atoms with E-state index in [4.69, 9.17) is 4.74 Å². The van der Waals surface area contributed by atoms with Crippen LogP contribution in [0.3, 0.4) is 0 Å². The lowest BCUT2D eigenvalue weighted by atomic mass is 10.1. The molecule has 0 atom stereocenters. The Balaban J connectivity index is 2.19. The summed E-state index contributed by atoms with van der Waals surface area (Å²) in [5, 5.41) is 0. The normalized spacial score (nSPS) is 10.3. The zero-order chi connectivity index (χ0) is 15.4. The van der Waals surface area contributed by atoms with E-state index in [0.29, 0.717) is 11.3 Å². The summed E-state index contributed by atoms with van der Waals surface area (Å²) >= 11 is 0. The predicted octanol–water partition coefficient (Wildman–Crippen LogP) is 3.25. The molecule has 0 spiro atoms. The molecule has 0 radical (unpaired) electrons. The number of hydrogen-bond donors (Lipinski definition) is 0. The minimum Gasteiger partial charge on any atom is -0.496 e. The van der Waals surface area contributed by atoms with E-state index in [1.807, 2.05) is 0 Å². The molecule has 2 rings (SSSR count). The van der Waals surface area contributed by atoms with Gasteiger partial charge >= 0.3 is 0 Å². The Morgan fingerprint density at radius 2 is 1.90 bits per heavy atom. The van der Waals surface area contributed by atoms with Crippen LogP contribution >= 0.6 is 0 Å². The van der Waals surface area contributed by atoms with Crippen LogP contribution in [0.15, 0.2) is 42.5 Å². The number of halogens is 2. The van der Waals surface area contributed by atoms with Crippen LogP contribution in [-0.4, -0.2) is 25.0 Å². The van der Waals surface area contributed by atoms with Crippen molar-refractivity contribution in [3.63, 3.8) is 0 Å². The quantitative estimate of drug-likeness (QED) is 0.865. The monoisotopic (exact) mass is 291 g/mol. The van der Waals surface area contributed by atoms with Gasteiger partial charge in [-0.05, 0) is 18.2 Å². The first-order chi connectivity index (χ1) is 10.0. The van der Waals surface area contributed by atoms with Crippen molar-refractivity contribution < 1.29 is 18.3 Å². The maximum atomic E-state index is 13.6. The molecular weight excluding hydrogens is 276 g/mol. The van der Waals surface area contributed by atoms with E-state index in [-0.39, 0.29) is 18.0 Å². The maximum absolute atomic E-state index is 13.6. The second kappa shape index (κ2) is 6.35. The topological polar surface area (TPSA) is 29.5 Å². The van der Waals surface area contributed by atoms with E-state index in [0.717, 1.165) is 6.07 Å². The van der Waals surface area contributed by atoms with Crippen molar-refractivity contribution in [3.05, 3.63) is 65.2 Å². The van der Waals surface area contributed by atoms with Crippen LogP contribution < -0.4 is 4.74 Å². The average molecular weight is 291 g/mol. The third kappa shape index (κ3) is 3.37. The largest absolute Gasteiger partial charge is 0.496 e. The molecule has 0 unspecified atom stereocenters. The Labute approximate surface area is 121 Å². The van der Waals surface area contributed by atoms with Crippen molar-refractivity contribution in [1.29, 1.82) is 0 Å². The molecule has 0 aliphatic rings. The Kier molecular flexibility index (Phi) is 4.52. The number of carbonyl (C=O) groups is 1. The van der Waals surface area contributed by atoms with Crippen molar-refractivity contribution >= 4 is 5.91 Å². The fourth-order valence-corrected chi connectivity index (χ4v) is 2.00. The Hall–Kier alpha value is -2.43. The van der Waals surface area contributed by atoms with Crippen molar-refractivity contribution in [2.45, 2.75) is 6.54 Å². The molecule has 3 nitrogen and oxygen atoms in total. The fourth-order valence-electron chi connectivity index (χ4n) is 2.00. The highest BCUT2D eigenvalue weighted by Gasteiger charge is 2.17. The van der Waals surface area contributed by atoms with Crippen molar-refractivity contribution in [1.82, 2.24) is 4.90 Å². The van der Waals surface area contributed by atoms with Crippen molar-refractivity contribution in [2.75, 3.05) is 14.2 Å². The van der Waals surface area contributed by atoms with Gasteiger partial charge in [0.1, 0.15) is 17.4 Å². The summed E-state index contributed by atoms with van der Waals surface area (Å²) in [5.74, 6) is -1.16. The minimum atomic E-state index is -0.672. The Morgan fingerprint density at radius 3 is 2.57 bits per heavy atom. The van der Waals surface area contributed by atoms with Gasteiger partial charge in [0.2, 0.25) is 0 Å². The summed E-state index contributed by atoms with van der Waals surface area (Å²) in [5.41, 5.74) is 0.646. The highest BCUT2D eigenvalue weighted by Crippen LogP contribution is 2.20. The number of para-hydroxylation sites is 1. The zero-order valence-corrected chi connectivity index (χ0v) is 11.8. The van der Waals surface area contributed by atoms with Gasteiger partial charge in [-0.3, -0.25) is 4.79 Å². The summed E-state index contributed by atoms with van der Waals surface area (Å²) in [6.07, 6.45) is 0. The fraction of sp³-hybridized carbons (Fsp3) is 0.188. The summed E-state index contributed by atoms with van der Waals surface area (Å²) in [7, 11) is 3.03. The SMILES string of the molecule is COc1ccccc1C(=O)N(C)Cc1ccc(F)cc1F. The van der Waals surface area contributed by atoms with Gasteiger partial charge in [-0.15, -0.1) is 0 Å². The smallest absolute Gasteiger partial charge is 0.257 e. The van der Waals surface area contributed by atoms with Crippen LogP contribution in [0.5, 0.6) is 5.75 Å². The van der Waals surface area contributed by atoms with E-state index in [2.05, 4.69) is 0 Å². The van der Waals surface area contributed by atoms with E-state index in [1.165, 1.54) is 24.1 Å². The highest BCUT2D eigenvalue weighted by molar-refractivity contribution is 5.96. The third-order valence-corrected chi connectivity index (χ3v) is 3.11. The van der Waals surface area contributed by atoms with Crippen LogP contribution in [0.2, 0.25) is 0 Å². The van der Waals surface area contributed by atoms with Gasteiger partial charge in [-0.2, -0.15) is 0 Å². The lowest BCUT2D eigenvalue weighted by molar-refractivity contribution is 0.0780. The second-order valence-electron chi connectivity index (χ2n) is 4.60. The molecule has 0 bridgehead atoms. The lowest BCUT2D eigenvalue weighted by Crippen LogP contribution is -2.27. The molecular formula is C16H15F2NO2.